The molecule has 0 bridgehead atoms. The number of aryl methyl sites for hydroxylation is 1. The number of benzene rings is 1. The molecule has 0 heterocycles. The third-order valence-electron chi connectivity index (χ3n) is 3.94. The average Bonchev–Trinajstić information content (AvgIpc) is 2.90. The van der Waals surface area contributed by atoms with Crippen LogP contribution < -0.4 is 10.1 Å². The predicted octanol–water partition coefficient (Wildman–Crippen LogP) is 1.49. The fourth-order valence-corrected chi connectivity index (χ4v) is 2.77. The molecule has 2 rings (SSSR count). The Labute approximate surface area is 120 Å². The maximum atomic E-state index is 9.95. The molecule has 0 spiro atoms. The van der Waals surface area contributed by atoms with E-state index in [2.05, 4.69) is 5.32 Å². The Kier molecular flexibility index (Phi) is 5.83. The zero-order valence-corrected chi connectivity index (χ0v) is 12.1. The second-order valence-corrected chi connectivity index (χ2v) is 5.67. The number of hydrogen-bond donors (Lipinski definition) is 3. The van der Waals surface area contributed by atoms with Crippen molar-refractivity contribution in [2.45, 2.75) is 38.3 Å². The molecule has 1 saturated carbocycles. The number of aliphatic hydroxyl groups excluding tert-OH is 2. The van der Waals surface area contributed by atoms with Crippen molar-refractivity contribution in [3.05, 3.63) is 29.8 Å². The summed E-state index contributed by atoms with van der Waals surface area (Å²) < 4.78 is 5.58. The third-order valence-corrected chi connectivity index (χ3v) is 3.94. The van der Waals surface area contributed by atoms with Gasteiger partial charge in [-0.3, -0.25) is 0 Å². The zero-order chi connectivity index (χ0) is 14.4. The molecule has 0 aromatic heterocycles. The minimum atomic E-state index is -0.532. The van der Waals surface area contributed by atoms with Gasteiger partial charge in [0.05, 0.1) is 0 Å². The fraction of sp³-hybridized carbons (Fsp3) is 0.625. The molecule has 1 aromatic carbocycles. The van der Waals surface area contributed by atoms with Gasteiger partial charge in [0.1, 0.15) is 18.5 Å². The molecular weight excluding hydrogens is 254 g/mol. The molecule has 0 radical (unpaired) electrons. The van der Waals surface area contributed by atoms with Crippen LogP contribution in [-0.2, 0) is 0 Å². The van der Waals surface area contributed by atoms with Crippen molar-refractivity contribution in [3.63, 3.8) is 0 Å². The molecule has 112 valence electrons. The Bertz CT molecular complexity index is 410. The van der Waals surface area contributed by atoms with Crippen molar-refractivity contribution >= 4 is 0 Å². The quantitative estimate of drug-likeness (QED) is 0.707. The van der Waals surface area contributed by atoms with Gasteiger partial charge in [-0.05, 0) is 43.4 Å². The number of ether oxygens (including phenoxy) is 1. The second-order valence-electron chi connectivity index (χ2n) is 5.67. The maximum Gasteiger partial charge on any atom is 0.119 e. The predicted molar refractivity (Wildman–Crippen MR) is 78.9 cm³/mol. The summed E-state index contributed by atoms with van der Waals surface area (Å²) in [6.45, 7) is 3.04. The van der Waals surface area contributed by atoms with Gasteiger partial charge in [-0.2, -0.15) is 0 Å². The normalized spacial score (nSPS) is 23.8. The molecule has 1 aliphatic rings. The molecule has 4 heteroatoms. The highest BCUT2D eigenvalue weighted by Gasteiger charge is 2.26. The SMILES string of the molecule is Cc1cccc(OCC(O)CNC2CCCC2CO)c1. The van der Waals surface area contributed by atoms with Crippen LogP contribution in [-0.4, -0.2) is 42.1 Å². The fourth-order valence-electron chi connectivity index (χ4n) is 2.77. The van der Waals surface area contributed by atoms with Crippen LogP contribution in [0.2, 0.25) is 0 Å². The van der Waals surface area contributed by atoms with Crippen molar-refractivity contribution in [3.8, 4) is 5.75 Å². The molecule has 1 aliphatic carbocycles. The highest BCUT2D eigenvalue weighted by molar-refractivity contribution is 5.27. The summed E-state index contributed by atoms with van der Waals surface area (Å²) in [5, 5.41) is 22.5. The van der Waals surface area contributed by atoms with Crippen molar-refractivity contribution in [2.75, 3.05) is 19.8 Å². The summed E-state index contributed by atoms with van der Waals surface area (Å²) in [7, 11) is 0. The van der Waals surface area contributed by atoms with Gasteiger partial charge >= 0.3 is 0 Å². The van der Waals surface area contributed by atoms with Crippen molar-refractivity contribution in [1.29, 1.82) is 0 Å². The topological polar surface area (TPSA) is 61.7 Å². The van der Waals surface area contributed by atoms with E-state index in [-0.39, 0.29) is 13.2 Å². The molecule has 4 nitrogen and oxygen atoms in total. The van der Waals surface area contributed by atoms with Gasteiger partial charge < -0.3 is 20.3 Å². The molecule has 1 fully saturated rings. The van der Waals surface area contributed by atoms with E-state index in [1.807, 2.05) is 31.2 Å². The van der Waals surface area contributed by atoms with E-state index in [1.54, 1.807) is 0 Å². The Hall–Kier alpha value is -1.10. The van der Waals surface area contributed by atoms with Crippen molar-refractivity contribution < 1.29 is 14.9 Å². The zero-order valence-electron chi connectivity index (χ0n) is 12.1. The van der Waals surface area contributed by atoms with E-state index in [1.165, 1.54) is 0 Å². The van der Waals surface area contributed by atoms with E-state index in [0.29, 0.717) is 18.5 Å². The van der Waals surface area contributed by atoms with Crippen LogP contribution in [0.15, 0.2) is 24.3 Å². The van der Waals surface area contributed by atoms with Crippen LogP contribution in [0, 0.1) is 12.8 Å². The standard InChI is InChI=1S/C16H25NO3/c1-12-4-2-6-15(8-12)20-11-14(19)9-17-16-7-3-5-13(16)10-18/h2,4,6,8,13-14,16-19H,3,5,7,9-11H2,1H3. The molecular formula is C16H25NO3. The van der Waals surface area contributed by atoms with Gasteiger partial charge in [-0.1, -0.05) is 18.6 Å². The Morgan fingerprint density at radius 1 is 1.40 bits per heavy atom. The lowest BCUT2D eigenvalue weighted by molar-refractivity contribution is 0.0992. The molecule has 3 unspecified atom stereocenters. The molecule has 3 N–H and O–H groups in total. The lowest BCUT2D eigenvalue weighted by Crippen LogP contribution is -2.40. The summed E-state index contributed by atoms with van der Waals surface area (Å²) in [4.78, 5) is 0. The molecule has 0 amide bonds. The lowest BCUT2D eigenvalue weighted by Gasteiger charge is -2.21. The van der Waals surface area contributed by atoms with E-state index in [4.69, 9.17) is 4.74 Å². The van der Waals surface area contributed by atoms with Gasteiger partial charge in [0, 0.05) is 19.2 Å². The van der Waals surface area contributed by atoms with E-state index in [9.17, 15) is 10.2 Å². The minimum absolute atomic E-state index is 0.230. The monoisotopic (exact) mass is 279 g/mol. The Balaban J connectivity index is 1.69. The Morgan fingerprint density at radius 3 is 3.00 bits per heavy atom. The van der Waals surface area contributed by atoms with Crippen LogP contribution in [0.4, 0.5) is 0 Å². The van der Waals surface area contributed by atoms with E-state index >= 15 is 0 Å². The minimum Gasteiger partial charge on any atom is -0.491 e. The molecule has 1 aromatic rings. The molecule has 20 heavy (non-hydrogen) atoms. The molecule has 0 aliphatic heterocycles. The van der Waals surface area contributed by atoms with E-state index in [0.717, 1.165) is 30.6 Å². The van der Waals surface area contributed by atoms with Crippen LogP contribution in [0.1, 0.15) is 24.8 Å². The lowest BCUT2D eigenvalue weighted by atomic mass is 10.1. The largest absolute Gasteiger partial charge is 0.491 e. The van der Waals surface area contributed by atoms with Gasteiger partial charge in [0.25, 0.3) is 0 Å². The van der Waals surface area contributed by atoms with Crippen LogP contribution in [0.5, 0.6) is 5.75 Å². The Morgan fingerprint density at radius 2 is 2.25 bits per heavy atom. The molecule has 3 atom stereocenters. The first-order chi connectivity index (χ1) is 9.69. The van der Waals surface area contributed by atoms with Gasteiger partial charge in [-0.15, -0.1) is 0 Å². The summed E-state index contributed by atoms with van der Waals surface area (Å²) in [5.74, 6) is 1.12. The summed E-state index contributed by atoms with van der Waals surface area (Å²) in [6, 6.07) is 8.14. The van der Waals surface area contributed by atoms with Gasteiger partial charge in [-0.25, -0.2) is 0 Å². The summed E-state index contributed by atoms with van der Waals surface area (Å²) in [5.41, 5.74) is 1.15. The van der Waals surface area contributed by atoms with Gasteiger partial charge in [0.15, 0.2) is 0 Å². The van der Waals surface area contributed by atoms with E-state index < -0.39 is 6.10 Å². The summed E-state index contributed by atoms with van der Waals surface area (Å²) >= 11 is 0. The van der Waals surface area contributed by atoms with Crippen LogP contribution in [0.25, 0.3) is 0 Å². The number of aliphatic hydroxyl groups is 2. The first kappa shape index (κ1) is 15.3. The van der Waals surface area contributed by atoms with Crippen LogP contribution >= 0.6 is 0 Å². The average molecular weight is 279 g/mol. The number of nitrogens with one attached hydrogen (secondary N) is 1. The highest BCUT2D eigenvalue weighted by Crippen LogP contribution is 2.24. The first-order valence-corrected chi connectivity index (χ1v) is 7.41. The first-order valence-electron chi connectivity index (χ1n) is 7.41. The third kappa shape index (κ3) is 4.47. The highest BCUT2D eigenvalue weighted by atomic mass is 16.5. The number of rotatable bonds is 7. The van der Waals surface area contributed by atoms with Gasteiger partial charge in [0.2, 0.25) is 0 Å². The summed E-state index contributed by atoms with van der Waals surface area (Å²) in [6.07, 6.45) is 2.77. The number of hydrogen-bond acceptors (Lipinski definition) is 4. The second kappa shape index (κ2) is 7.62. The van der Waals surface area contributed by atoms with Crippen molar-refractivity contribution in [1.82, 2.24) is 5.32 Å². The maximum absolute atomic E-state index is 9.95. The molecule has 0 saturated heterocycles. The van der Waals surface area contributed by atoms with Crippen molar-refractivity contribution in [2.24, 2.45) is 5.92 Å². The smallest absolute Gasteiger partial charge is 0.119 e. The van der Waals surface area contributed by atoms with Crippen LogP contribution in [0.3, 0.4) is 0 Å².